The van der Waals surface area contributed by atoms with Crippen LogP contribution in [0, 0.1) is 0 Å². The van der Waals surface area contributed by atoms with E-state index in [1.165, 1.54) is 12.1 Å². The Morgan fingerprint density at radius 2 is 1.21 bits per heavy atom. The Morgan fingerprint density at radius 3 is 1.58 bits per heavy atom. The predicted molar refractivity (Wildman–Crippen MR) is 79.7 cm³/mol. The molecule has 0 saturated carbocycles. The molecule has 0 bridgehead atoms. The second-order valence-corrected chi connectivity index (χ2v) is 4.73. The number of hydrogen-bond acceptors (Lipinski definition) is 8. The number of hydrogen-bond donors (Lipinski definition) is 0. The molecule has 2 rings (SSSR count). The van der Waals surface area contributed by atoms with Crippen LogP contribution in [-0.2, 0) is 9.59 Å². The lowest BCUT2D eigenvalue weighted by molar-refractivity contribution is -0.136. The quantitative estimate of drug-likeness (QED) is 0.555. The summed E-state index contributed by atoms with van der Waals surface area (Å²) in [7, 11) is 0. The van der Waals surface area contributed by atoms with Crippen LogP contribution in [0.4, 0.5) is 0 Å². The summed E-state index contributed by atoms with van der Waals surface area (Å²) < 4.78 is 18.9. The van der Waals surface area contributed by atoms with Gasteiger partial charge in [-0.3, -0.25) is 9.59 Å². The van der Waals surface area contributed by atoms with Gasteiger partial charge in [-0.25, -0.2) is 9.59 Å². The van der Waals surface area contributed by atoms with Crippen molar-refractivity contribution in [2.75, 3.05) is 0 Å². The first-order valence-electron chi connectivity index (χ1n) is 7.12. The third-order valence-corrected chi connectivity index (χ3v) is 2.83. The largest absolute Gasteiger partial charge is 0.431 e. The molecule has 8 heteroatoms. The van der Waals surface area contributed by atoms with E-state index in [4.69, 9.17) is 9.47 Å². The highest BCUT2D eigenvalue weighted by molar-refractivity contribution is 5.73. The van der Waals surface area contributed by atoms with Crippen molar-refractivity contribution in [3.05, 3.63) is 57.6 Å². The van der Waals surface area contributed by atoms with Crippen molar-refractivity contribution in [3.8, 4) is 11.5 Å². The maximum absolute atomic E-state index is 11.6. The SMILES string of the molecule is O=C(CCCCC(=O)Oc1ccoc(=O)c1)Oc1ccoc(=O)c1. The van der Waals surface area contributed by atoms with Crippen LogP contribution in [0.3, 0.4) is 0 Å². The standard InChI is InChI=1S/C16H14O8/c17-13(23-11-5-7-21-15(19)9-11)3-1-2-4-14(18)24-12-6-8-22-16(20)10-12/h5-10H,1-4H2. The van der Waals surface area contributed by atoms with E-state index in [0.717, 1.165) is 24.7 Å². The molecular weight excluding hydrogens is 320 g/mol. The molecular formula is C16H14O8. The van der Waals surface area contributed by atoms with Gasteiger partial charge in [0.2, 0.25) is 0 Å². The summed E-state index contributed by atoms with van der Waals surface area (Å²) in [4.78, 5) is 45.0. The molecule has 0 fully saturated rings. The van der Waals surface area contributed by atoms with Crippen molar-refractivity contribution in [2.45, 2.75) is 25.7 Å². The molecule has 0 spiro atoms. The van der Waals surface area contributed by atoms with Gasteiger partial charge in [-0.2, -0.15) is 0 Å². The predicted octanol–water partition coefficient (Wildman–Crippen LogP) is 1.66. The number of rotatable bonds is 7. The van der Waals surface area contributed by atoms with Crippen molar-refractivity contribution in [1.82, 2.24) is 0 Å². The van der Waals surface area contributed by atoms with E-state index in [1.807, 2.05) is 0 Å². The molecule has 2 aromatic rings. The van der Waals surface area contributed by atoms with Crippen LogP contribution in [0.25, 0.3) is 0 Å². The molecule has 0 aliphatic carbocycles. The summed E-state index contributed by atoms with van der Waals surface area (Å²) in [5.74, 6) is -0.818. The van der Waals surface area contributed by atoms with Gasteiger partial charge in [-0.15, -0.1) is 0 Å². The number of unbranched alkanes of at least 4 members (excludes halogenated alkanes) is 1. The lowest BCUT2D eigenvalue weighted by atomic mass is 10.2. The van der Waals surface area contributed by atoms with Gasteiger partial charge in [0.05, 0.1) is 24.7 Å². The number of ether oxygens (including phenoxy) is 2. The van der Waals surface area contributed by atoms with Gasteiger partial charge in [-0.05, 0) is 12.8 Å². The monoisotopic (exact) mass is 334 g/mol. The zero-order chi connectivity index (χ0) is 17.4. The van der Waals surface area contributed by atoms with E-state index in [2.05, 4.69) is 8.83 Å². The Balaban J connectivity index is 1.67. The fourth-order valence-electron chi connectivity index (χ4n) is 1.76. The molecule has 0 N–H and O–H groups in total. The molecule has 2 aromatic heterocycles. The Labute approximate surface area is 135 Å². The normalized spacial score (nSPS) is 10.2. The maximum atomic E-state index is 11.6. The van der Waals surface area contributed by atoms with Crippen LogP contribution >= 0.6 is 0 Å². The maximum Gasteiger partial charge on any atom is 0.339 e. The molecule has 0 aliphatic rings. The molecule has 126 valence electrons. The third kappa shape index (κ3) is 5.91. The van der Waals surface area contributed by atoms with Gasteiger partial charge in [0.15, 0.2) is 0 Å². The molecule has 2 heterocycles. The van der Waals surface area contributed by atoms with E-state index >= 15 is 0 Å². The summed E-state index contributed by atoms with van der Waals surface area (Å²) in [6.45, 7) is 0. The minimum Gasteiger partial charge on any atom is -0.431 e. The first kappa shape index (κ1) is 17.2. The molecule has 8 nitrogen and oxygen atoms in total. The van der Waals surface area contributed by atoms with Crippen LogP contribution < -0.4 is 20.7 Å². The van der Waals surface area contributed by atoms with Crippen LogP contribution in [0.2, 0.25) is 0 Å². The minimum absolute atomic E-state index is 0.0857. The summed E-state index contributed by atoms with van der Waals surface area (Å²) in [6.07, 6.45) is 3.25. The topological polar surface area (TPSA) is 113 Å². The first-order chi connectivity index (χ1) is 11.5. The molecule has 0 aromatic carbocycles. The zero-order valence-electron chi connectivity index (χ0n) is 12.6. The fourth-order valence-corrected chi connectivity index (χ4v) is 1.76. The van der Waals surface area contributed by atoms with Crippen molar-refractivity contribution in [3.63, 3.8) is 0 Å². The van der Waals surface area contributed by atoms with Crippen LogP contribution in [-0.4, -0.2) is 11.9 Å². The van der Waals surface area contributed by atoms with Crippen molar-refractivity contribution < 1.29 is 27.9 Å². The molecule has 0 radical (unpaired) electrons. The molecule has 24 heavy (non-hydrogen) atoms. The van der Waals surface area contributed by atoms with Crippen LogP contribution in [0.15, 0.2) is 55.2 Å². The Hall–Kier alpha value is -3.16. The van der Waals surface area contributed by atoms with E-state index in [1.54, 1.807) is 0 Å². The zero-order valence-corrected chi connectivity index (χ0v) is 12.6. The highest BCUT2D eigenvalue weighted by Gasteiger charge is 2.09. The molecule has 0 atom stereocenters. The lowest BCUT2D eigenvalue weighted by Gasteiger charge is -2.04. The van der Waals surface area contributed by atoms with Gasteiger partial charge in [0, 0.05) is 25.0 Å². The summed E-state index contributed by atoms with van der Waals surface area (Å²) in [6, 6.07) is 4.83. The Bertz CT molecular complexity index is 747. The van der Waals surface area contributed by atoms with Crippen LogP contribution in [0.1, 0.15) is 25.7 Å². The first-order valence-corrected chi connectivity index (χ1v) is 7.12. The van der Waals surface area contributed by atoms with Crippen molar-refractivity contribution >= 4 is 11.9 Å². The highest BCUT2D eigenvalue weighted by Crippen LogP contribution is 2.11. The van der Waals surface area contributed by atoms with Gasteiger partial charge >= 0.3 is 23.2 Å². The minimum atomic E-state index is -0.613. The van der Waals surface area contributed by atoms with Crippen LogP contribution in [0.5, 0.6) is 11.5 Å². The molecule has 0 amide bonds. The molecule has 0 saturated heterocycles. The van der Waals surface area contributed by atoms with E-state index < -0.39 is 23.2 Å². The number of carbonyl (C=O) groups excluding carboxylic acids is 2. The third-order valence-electron chi connectivity index (χ3n) is 2.83. The number of carbonyl (C=O) groups is 2. The van der Waals surface area contributed by atoms with E-state index in [-0.39, 0.29) is 24.3 Å². The summed E-state index contributed by atoms with van der Waals surface area (Å²) in [5, 5.41) is 0. The van der Waals surface area contributed by atoms with Gasteiger partial charge < -0.3 is 18.3 Å². The Kier molecular flexibility index (Phi) is 6.07. The van der Waals surface area contributed by atoms with Crippen molar-refractivity contribution in [1.29, 1.82) is 0 Å². The fraction of sp³-hybridized carbons (Fsp3) is 0.250. The van der Waals surface area contributed by atoms with Gasteiger partial charge in [0.1, 0.15) is 11.5 Å². The van der Waals surface area contributed by atoms with Gasteiger partial charge in [0.25, 0.3) is 0 Å². The second-order valence-electron chi connectivity index (χ2n) is 4.73. The van der Waals surface area contributed by atoms with Crippen molar-refractivity contribution in [2.24, 2.45) is 0 Å². The molecule has 0 aliphatic heterocycles. The van der Waals surface area contributed by atoms with Gasteiger partial charge in [-0.1, -0.05) is 0 Å². The summed E-state index contributed by atoms with van der Waals surface area (Å²) in [5.41, 5.74) is -1.23. The van der Waals surface area contributed by atoms with E-state index in [0.29, 0.717) is 12.8 Å². The molecule has 0 unspecified atom stereocenters. The second kappa shape index (κ2) is 8.47. The average molecular weight is 334 g/mol. The Morgan fingerprint density at radius 1 is 0.792 bits per heavy atom. The summed E-state index contributed by atoms with van der Waals surface area (Å²) >= 11 is 0. The lowest BCUT2D eigenvalue weighted by Crippen LogP contribution is -2.11. The average Bonchev–Trinajstić information content (AvgIpc) is 2.51. The smallest absolute Gasteiger partial charge is 0.339 e. The van der Waals surface area contributed by atoms with E-state index in [9.17, 15) is 19.2 Å². The number of esters is 2. The highest BCUT2D eigenvalue weighted by atomic mass is 16.5.